The first kappa shape index (κ1) is 43.8. The minimum absolute atomic E-state index is 0.124. The summed E-state index contributed by atoms with van der Waals surface area (Å²) >= 11 is 0. The van der Waals surface area contributed by atoms with E-state index < -0.39 is 24.3 Å². The lowest BCUT2D eigenvalue weighted by Crippen LogP contribution is -2.51. The average molecular weight is 850 g/mol. The van der Waals surface area contributed by atoms with E-state index in [4.69, 9.17) is 19.2 Å². The number of likely N-dealkylation sites (tertiary alicyclic amines) is 1. The lowest BCUT2D eigenvalue weighted by Gasteiger charge is -2.32. The number of carbonyl (C=O) groups excluding carboxylic acids is 4. The third kappa shape index (κ3) is 8.72. The summed E-state index contributed by atoms with van der Waals surface area (Å²) in [5, 5.41) is 6.45. The van der Waals surface area contributed by atoms with Crippen molar-refractivity contribution >= 4 is 34.9 Å². The second-order valence-electron chi connectivity index (χ2n) is 17.2. The summed E-state index contributed by atoms with van der Waals surface area (Å²) in [7, 11) is 2.57. The van der Waals surface area contributed by atoms with Crippen LogP contribution in [0.2, 0.25) is 0 Å². The van der Waals surface area contributed by atoms with Crippen molar-refractivity contribution in [2.75, 3.05) is 27.3 Å². The maximum Gasteiger partial charge on any atom is 0.407 e. The number of rotatable bonds is 14. The fourth-order valence-corrected chi connectivity index (χ4v) is 8.55. The van der Waals surface area contributed by atoms with Crippen LogP contribution in [0.25, 0.3) is 44.7 Å². The number of aromatic amines is 2. The summed E-state index contributed by atoms with van der Waals surface area (Å²) < 4.78 is 18.6. The summed E-state index contributed by atoms with van der Waals surface area (Å²) in [4.78, 5) is 71.3. The lowest BCUT2D eigenvalue weighted by molar-refractivity contribution is -0.136. The number of nitrogens with zero attached hydrogens (tertiary/aromatic N) is 5. The molecule has 4 unspecified atom stereocenters. The Balaban J connectivity index is 1.13. The van der Waals surface area contributed by atoms with Crippen LogP contribution in [0, 0.1) is 17.8 Å². The highest BCUT2D eigenvalue weighted by atomic mass is 16.5. The number of alkyl carbamates (subject to hydrolysis) is 2. The Morgan fingerprint density at radius 3 is 2.21 bits per heavy atom. The molecule has 2 aromatic carbocycles. The average Bonchev–Trinajstić information content (AvgIpc) is 4.09. The van der Waals surface area contributed by atoms with E-state index in [0.717, 1.165) is 69.7 Å². The number of imidazole rings is 2. The highest BCUT2D eigenvalue weighted by Gasteiger charge is 2.38. The molecular weight excluding hydrogens is 791 g/mol. The second kappa shape index (κ2) is 18.3. The van der Waals surface area contributed by atoms with E-state index >= 15 is 0 Å². The Kier molecular flexibility index (Phi) is 12.9. The predicted molar refractivity (Wildman–Crippen MR) is 235 cm³/mol. The Labute approximate surface area is 362 Å². The van der Waals surface area contributed by atoms with E-state index in [1.807, 2.05) is 39.5 Å². The number of hydrogen-bond donors (Lipinski definition) is 4. The topological polar surface area (TPSA) is 189 Å². The van der Waals surface area contributed by atoms with Crippen LogP contribution in [-0.4, -0.2) is 97.7 Å². The van der Waals surface area contributed by atoms with Gasteiger partial charge in [0.25, 0.3) is 0 Å². The van der Waals surface area contributed by atoms with Gasteiger partial charge in [0.05, 0.1) is 61.8 Å². The fourth-order valence-electron chi connectivity index (χ4n) is 8.55. The van der Waals surface area contributed by atoms with E-state index in [1.165, 1.54) is 14.2 Å². The smallest absolute Gasteiger partial charge is 0.407 e. The molecule has 0 aliphatic carbocycles. The summed E-state index contributed by atoms with van der Waals surface area (Å²) in [6.07, 6.45) is 4.39. The first-order chi connectivity index (χ1) is 29.7. The molecule has 5 aromatic rings. The third-order valence-electron chi connectivity index (χ3n) is 11.8. The predicted octanol–water partition coefficient (Wildman–Crippen LogP) is 7.80. The van der Waals surface area contributed by atoms with Gasteiger partial charge in [-0.3, -0.25) is 9.59 Å². The van der Waals surface area contributed by atoms with Gasteiger partial charge in [0, 0.05) is 41.1 Å². The van der Waals surface area contributed by atoms with Gasteiger partial charge < -0.3 is 49.2 Å². The first-order valence-corrected chi connectivity index (χ1v) is 21.6. The molecule has 0 saturated carbocycles. The van der Waals surface area contributed by atoms with Gasteiger partial charge in [-0.25, -0.2) is 19.6 Å². The van der Waals surface area contributed by atoms with Crippen molar-refractivity contribution < 1.29 is 33.4 Å². The highest BCUT2D eigenvalue weighted by Crippen LogP contribution is 2.46. The number of ether oxygens (including phenoxy) is 3. The van der Waals surface area contributed by atoms with Gasteiger partial charge in [0.1, 0.15) is 29.5 Å². The normalized spacial score (nSPS) is 16.8. The Morgan fingerprint density at radius 1 is 0.871 bits per heavy atom. The number of amides is 4. The van der Waals surface area contributed by atoms with E-state index in [1.54, 1.807) is 17.3 Å². The van der Waals surface area contributed by atoms with Crippen molar-refractivity contribution in [3.8, 4) is 39.5 Å². The molecule has 1 fully saturated rings. The molecule has 7 rings (SSSR count). The van der Waals surface area contributed by atoms with Gasteiger partial charge in [-0.05, 0) is 61.4 Å². The van der Waals surface area contributed by atoms with Crippen molar-refractivity contribution in [3.05, 3.63) is 66.5 Å². The Morgan fingerprint density at radius 2 is 1.53 bits per heavy atom. The van der Waals surface area contributed by atoms with Gasteiger partial charge in [-0.2, -0.15) is 0 Å². The fraction of sp³-hybridized carbons (Fsp3) is 0.478. The number of hydrogen-bond acceptors (Lipinski definition) is 9. The van der Waals surface area contributed by atoms with Crippen LogP contribution in [-0.2, 0) is 25.6 Å². The molecule has 16 nitrogen and oxygen atoms in total. The van der Waals surface area contributed by atoms with Gasteiger partial charge in [0.2, 0.25) is 11.8 Å². The molecule has 0 radical (unpaired) electrons. The molecule has 4 N–H and O–H groups in total. The Bertz CT molecular complexity index is 2430. The zero-order valence-corrected chi connectivity index (χ0v) is 37.1. The number of carbonyl (C=O) groups is 4. The van der Waals surface area contributed by atoms with E-state index in [9.17, 15) is 19.2 Å². The van der Waals surface area contributed by atoms with Crippen LogP contribution >= 0.6 is 0 Å². The number of nitrogens with one attached hydrogen (secondary N) is 4. The number of benzene rings is 2. The van der Waals surface area contributed by atoms with Crippen molar-refractivity contribution in [2.45, 2.75) is 98.6 Å². The summed E-state index contributed by atoms with van der Waals surface area (Å²) in [5.74, 6) is 1.66. The van der Waals surface area contributed by atoms with Crippen LogP contribution < -0.4 is 15.4 Å². The zero-order valence-electron chi connectivity index (χ0n) is 37.1. The molecule has 3 aromatic heterocycles. The number of fused-ring (bicyclic) bond motifs is 5. The second-order valence-corrected chi connectivity index (χ2v) is 17.2. The first-order valence-electron chi connectivity index (χ1n) is 21.6. The molecule has 2 aliphatic heterocycles. The number of aromatic nitrogens is 5. The molecule has 4 amide bonds. The summed E-state index contributed by atoms with van der Waals surface area (Å²) in [6.45, 7) is 15.2. The molecular formula is C46H59N9O7. The van der Waals surface area contributed by atoms with Gasteiger partial charge in [-0.15, -0.1) is 0 Å². The van der Waals surface area contributed by atoms with Crippen LogP contribution in [0.4, 0.5) is 9.59 Å². The molecule has 0 spiro atoms. The van der Waals surface area contributed by atoms with Crippen LogP contribution in [0.1, 0.15) is 91.6 Å². The summed E-state index contributed by atoms with van der Waals surface area (Å²) in [5.41, 5.74) is 6.57. The summed E-state index contributed by atoms with van der Waals surface area (Å²) in [6, 6.07) is 13.0. The molecule has 5 heterocycles. The number of methoxy groups -OCH3 is 2. The molecule has 1 saturated heterocycles. The van der Waals surface area contributed by atoms with Crippen molar-refractivity contribution in [1.29, 1.82) is 0 Å². The molecule has 4 atom stereocenters. The van der Waals surface area contributed by atoms with Gasteiger partial charge >= 0.3 is 12.2 Å². The van der Waals surface area contributed by atoms with E-state index in [2.05, 4.69) is 86.5 Å². The van der Waals surface area contributed by atoms with Crippen molar-refractivity contribution in [1.82, 2.24) is 44.9 Å². The highest BCUT2D eigenvalue weighted by molar-refractivity contribution is 5.92. The maximum atomic E-state index is 13.7. The zero-order chi connectivity index (χ0) is 44.4. The van der Waals surface area contributed by atoms with Crippen LogP contribution in [0.3, 0.4) is 0 Å². The van der Waals surface area contributed by atoms with Gasteiger partial charge in [0.15, 0.2) is 6.23 Å². The SMILES string of the molecule is CCCN(Cc1ncc(-c2ccc3c(c2)cc2n3C(C(C)C)Oc3cc(-c4cnc(C5CCCN5C(=O)C(NC(=O)OC)C(C)C)[nH]4)ccc3-2)[nH]1)C(=O)C(NC(=O)OC)C(C)C. The quantitative estimate of drug-likeness (QED) is 0.0865. The van der Waals surface area contributed by atoms with Crippen LogP contribution in [0.15, 0.2) is 54.9 Å². The van der Waals surface area contributed by atoms with Crippen LogP contribution in [0.5, 0.6) is 5.75 Å². The lowest BCUT2D eigenvalue weighted by atomic mass is 10.0. The Hall–Kier alpha value is -6.32. The van der Waals surface area contributed by atoms with Gasteiger partial charge in [-0.1, -0.05) is 60.6 Å². The van der Waals surface area contributed by atoms with E-state index in [0.29, 0.717) is 24.7 Å². The largest absolute Gasteiger partial charge is 0.469 e. The minimum atomic E-state index is -0.727. The molecule has 62 heavy (non-hydrogen) atoms. The van der Waals surface area contributed by atoms with Crippen molar-refractivity contribution in [3.63, 3.8) is 0 Å². The molecule has 0 bridgehead atoms. The number of H-pyrrole nitrogens is 2. The van der Waals surface area contributed by atoms with Crippen molar-refractivity contribution in [2.24, 2.45) is 17.8 Å². The van der Waals surface area contributed by atoms with E-state index in [-0.39, 0.29) is 48.4 Å². The maximum absolute atomic E-state index is 13.7. The molecule has 16 heteroatoms. The molecule has 2 aliphatic rings. The minimum Gasteiger partial charge on any atom is -0.469 e. The third-order valence-corrected chi connectivity index (χ3v) is 11.8. The monoisotopic (exact) mass is 849 g/mol. The standard InChI is InChI=1S/C46H59N9O7/c1-10-17-53(42(56)39(25(2)3)51-45(58)60-8)24-38-47-22-32(49-38)28-14-16-34-30(19-28)20-36-31-15-13-29(21-37(31)62-44(27(6)7)55(34)36)33-23-48-41(50-33)35-12-11-18-54(35)43(57)40(26(4)5)52-46(59)61-9/h13-16,19-23,25-27,35,39-40,44H,10-12,17-18,24H2,1-9H3,(H,47,49)(H,48,50)(H,51,58)(H,52,59). The molecule has 330 valence electrons.